The molecule has 0 atom stereocenters. The number of aromatic amines is 1. The molecule has 0 saturated carbocycles. The number of hydrogen-bond acceptors (Lipinski definition) is 16. The zero-order valence-corrected chi connectivity index (χ0v) is 43.8. The molecule has 0 aliphatic rings. The molecule has 3 aromatic carbocycles. The fourth-order valence-electron chi connectivity index (χ4n) is 8.03. The Bertz CT molecular complexity index is 3370. The molecule has 4 aromatic heterocycles. The number of nitriles is 1. The number of carbonyl (C=O) groups excluding carboxylic acids is 4. The topological polar surface area (TPSA) is 283 Å². The zero-order chi connectivity index (χ0) is 56.4. The van der Waals surface area contributed by atoms with Crippen LogP contribution in [0.3, 0.4) is 0 Å². The van der Waals surface area contributed by atoms with E-state index in [1.165, 1.54) is 29.2 Å². The van der Waals surface area contributed by atoms with E-state index < -0.39 is 34.2 Å². The van der Waals surface area contributed by atoms with Crippen molar-refractivity contribution in [3.63, 3.8) is 0 Å². The fraction of sp³-hybridized carbons (Fsp3) is 0.345. The van der Waals surface area contributed by atoms with Crippen LogP contribution in [0.1, 0.15) is 85.0 Å². The number of amides is 2. The molecular formula is C55H57F3N8O12S. The van der Waals surface area contributed by atoms with Gasteiger partial charge in [-0.15, -0.1) is 0 Å². The molecule has 0 radical (unpaired) electrons. The Morgan fingerprint density at radius 1 is 0.848 bits per heavy atom. The molecule has 0 bridgehead atoms. The summed E-state index contributed by atoms with van der Waals surface area (Å²) in [6, 6.07) is 21.5. The van der Waals surface area contributed by atoms with Crippen molar-refractivity contribution in [2.45, 2.75) is 62.3 Å². The number of hydrogen-bond donors (Lipinski definition) is 3. The van der Waals surface area contributed by atoms with Crippen LogP contribution in [0.2, 0.25) is 0 Å². The number of rotatable bonds is 32. The average molecular weight is 1110 g/mol. The molecule has 416 valence electrons. The second-order valence-corrected chi connectivity index (χ2v) is 20.0. The first-order valence-corrected chi connectivity index (χ1v) is 26.7. The van der Waals surface area contributed by atoms with Crippen LogP contribution < -0.4 is 11.1 Å². The molecule has 0 aliphatic heterocycles. The molecule has 20 nitrogen and oxygen atoms in total. The molecular weight excluding hydrogens is 1050 g/mol. The molecule has 7 aromatic rings. The largest absolute Gasteiger partial charge is 0.444 e. The van der Waals surface area contributed by atoms with E-state index in [-0.39, 0.29) is 90.0 Å². The number of nitrogens with zero attached hydrogens (tertiary/aromatic N) is 5. The van der Waals surface area contributed by atoms with Crippen LogP contribution in [-0.2, 0) is 56.9 Å². The highest BCUT2D eigenvalue weighted by Gasteiger charge is 2.27. The Kier molecular flexibility index (Phi) is 20.9. The number of nitrogens with one attached hydrogen (secondary N) is 2. The highest BCUT2D eigenvalue weighted by Crippen LogP contribution is 2.29. The molecule has 4 heterocycles. The Morgan fingerprint density at radius 3 is 2.18 bits per heavy atom. The molecule has 0 saturated heterocycles. The van der Waals surface area contributed by atoms with Gasteiger partial charge in [0.05, 0.1) is 92.2 Å². The third-order valence-electron chi connectivity index (χ3n) is 12.1. The number of benzene rings is 3. The summed E-state index contributed by atoms with van der Waals surface area (Å²) in [5.74, 6) is -2.17. The summed E-state index contributed by atoms with van der Waals surface area (Å²) in [6.45, 7) is 4.72. The number of anilines is 1. The van der Waals surface area contributed by atoms with E-state index >= 15 is 0 Å². The predicted octanol–water partition coefficient (Wildman–Crippen LogP) is 7.65. The summed E-state index contributed by atoms with van der Waals surface area (Å²) in [4.78, 5) is 61.9. The number of oxazole rings is 1. The van der Waals surface area contributed by atoms with Gasteiger partial charge in [-0.05, 0) is 91.4 Å². The van der Waals surface area contributed by atoms with E-state index in [1.54, 1.807) is 60.8 Å². The normalized spacial score (nSPS) is 11.7. The quantitative estimate of drug-likeness (QED) is 0.0270. The van der Waals surface area contributed by atoms with Crippen molar-refractivity contribution >= 4 is 49.8 Å². The molecule has 4 N–H and O–H groups in total. The molecule has 0 unspecified atom stereocenters. The van der Waals surface area contributed by atoms with Crippen LogP contribution in [0, 0.1) is 18.3 Å². The number of pyridine rings is 1. The maximum absolute atomic E-state index is 13.2. The molecule has 0 spiro atoms. The third-order valence-corrected chi connectivity index (χ3v) is 13.8. The van der Waals surface area contributed by atoms with Gasteiger partial charge in [-0.25, -0.2) is 18.1 Å². The fourth-order valence-corrected chi connectivity index (χ4v) is 9.40. The minimum Gasteiger partial charge on any atom is -0.444 e. The van der Waals surface area contributed by atoms with Crippen LogP contribution in [0.4, 0.5) is 18.9 Å². The van der Waals surface area contributed by atoms with Gasteiger partial charge >= 0.3 is 6.18 Å². The summed E-state index contributed by atoms with van der Waals surface area (Å²) in [5, 5.41) is 16.9. The van der Waals surface area contributed by atoms with Crippen molar-refractivity contribution in [1.82, 2.24) is 24.7 Å². The summed E-state index contributed by atoms with van der Waals surface area (Å²) >= 11 is 0. The number of carbonyl (C=O) groups is 4. The Labute approximate surface area is 452 Å². The lowest BCUT2D eigenvalue weighted by molar-refractivity contribution is -0.134. The average Bonchev–Trinajstić information content (AvgIpc) is 4.32. The number of halogens is 3. The zero-order valence-electron chi connectivity index (χ0n) is 43.0. The minimum absolute atomic E-state index is 0.0311. The van der Waals surface area contributed by atoms with Crippen LogP contribution >= 0.6 is 0 Å². The van der Waals surface area contributed by atoms with Crippen molar-refractivity contribution in [2.75, 3.05) is 71.4 Å². The number of primary amides is 1. The lowest BCUT2D eigenvalue weighted by Crippen LogP contribution is -2.18. The first-order chi connectivity index (χ1) is 38.0. The maximum Gasteiger partial charge on any atom is 0.389 e. The summed E-state index contributed by atoms with van der Waals surface area (Å²) in [6.07, 6.45) is 0.936. The number of ether oxygens (including phenoxy) is 5. The van der Waals surface area contributed by atoms with Crippen molar-refractivity contribution in [1.29, 1.82) is 5.26 Å². The van der Waals surface area contributed by atoms with Crippen LogP contribution in [0.5, 0.6) is 0 Å². The van der Waals surface area contributed by atoms with E-state index in [9.17, 15) is 46.0 Å². The predicted molar refractivity (Wildman–Crippen MR) is 280 cm³/mol. The van der Waals surface area contributed by atoms with E-state index in [0.29, 0.717) is 92.5 Å². The molecule has 7 rings (SSSR count). The molecule has 0 fully saturated rings. The standard InChI is InChI=1S/C55H57F3N8O12S/c1-36-4-8-40(50-49(36)41(30-59)31-62-50)35-79(71,72)45-14-6-37(7-15-45)5-13-44(67)33-77-28-27-76-26-25-75-24-23-74-22-21-73-20-2-3-48(68)38-9-11-43(12-10-38)66-32-46(51(65-66)52(60)69)63-53(70)47-34-78-54(64-47)39-17-19-61-42(29-39)16-18-55(56,57)58/h4,6-12,14-15,17,19,29,31-32,34,62H,2-3,5,13,16,18,20-28,33,35H2,1H3,(H2,60,69)(H,63,70). The van der Waals surface area contributed by atoms with Gasteiger partial charge in [0, 0.05) is 60.5 Å². The molecule has 24 heteroatoms. The number of Topliss-reactive ketones (excluding diaryl/α,β-unsaturated/α-hetero) is 2. The molecule has 79 heavy (non-hydrogen) atoms. The van der Waals surface area contributed by atoms with Gasteiger partial charge in [0.15, 0.2) is 32.8 Å². The number of H-pyrrole nitrogens is 1. The second kappa shape index (κ2) is 28.1. The Morgan fingerprint density at radius 2 is 1.52 bits per heavy atom. The van der Waals surface area contributed by atoms with Gasteiger partial charge in [0.1, 0.15) is 18.9 Å². The van der Waals surface area contributed by atoms with E-state index in [2.05, 4.69) is 31.4 Å². The number of sulfone groups is 1. The SMILES string of the molecule is Cc1ccc(CS(=O)(=O)c2ccc(CCC(=O)COCCOCCOCCOCCOCCCC(=O)c3ccc(-n4cc(NC(=O)c5coc(-c6ccnc(CCC(F)(F)F)c6)n5)c(C(N)=O)n4)cc3)cc2)c2[nH]cc(C#N)c12. The lowest BCUT2D eigenvalue weighted by atomic mass is 10.0. The highest BCUT2D eigenvalue weighted by atomic mass is 32.2. The first kappa shape index (κ1) is 58.8. The van der Waals surface area contributed by atoms with Gasteiger partial charge < -0.3 is 44.1 Å². The highest BCUT2D eigenvalue weighted by molar-refractivity contribution is 7.90. The second-order valence-electron chi connectivity index (χ2n) is 18.0. The summed E-state index contributed by atoms with van der Waals surface area (Å²) in [7, 11) is -3.67. The minimum atomic E-state index is -4.35. The Balaban J connectivity index is 0.686. The summed E-state index contributed by atoms with van der Waals surface area (Å²) in [5.41, 5.74) is 9.84. The van der Waals surface area contributed by atoms with Gasteiger partial charge in [-0.3, -0.25) is 24.2 Å². The van der Waals surface area contributed by atoms with E-state index in [4.69, 9.17) is 33.8 Å². The first-order valence-electron chi connectivity index (χ1n) is 25.0. The number of ketones is 2. The van der Waals surface area contributed by atoms with Crippen LogP contribution in [0.15, 0.2) is 107 Å². The monoisotopic (exact) mass is 1110 g/mol. The van der Waals surface area contributed by atoms with E-state index in [1.807, 2.05) is 13.0 Å². The van der Waals surface area contributed by atoms with Crippen molar-refractivity contribution in [3.8, 4) is 23.2 Å². The van der Waals surface area contributed by atoms with Gasteiger partial charge in [-0.1, -0.05) is 24.3 Å². The number of aryl methyl sites for hydroxylation is 3. The van der Waals surface area contributed by atoms with Crippen LogP contribution in [-0.4, -0.2) is 129 Å². The number of aromatic nitrogens is 5. The van der Waals surface area contributed by atoms with Crippen molar-refractivity contribution in [3.05, 3.63) is 143 Å². The third kappa shape index (κ3) is 17.3. The molecule has 0 aliphatic carbocycles. The molecule has 2 amide bonds. The Hall–Kier alpha value is -7.92. The van der Waals surface area contributed by atoms with Gasteiger partial charge in [-0.2, -0.15) is 23.5 Å². The van der Waals surface area contributed by atoms with E-state index in [0.717, 1.165) is 22.8 Å². The lowest BCUT2D eigenvalue weighted by Gasteiger charge is -2.09. The smallest absolute Gasteiger partial charge is 0.389 e. The number of alkyl halides is 3. The van der Waals surface area contributed by atoms with Crippen LogP contribution in [0.25, 0.3) is 28.0 Å². The van der Waals surface area contributed by atoms with Crippen molar-refractivity contribution in [2.24, 2.45) is 5.73 Å². The van der Waals surface area contributed by atoms with Gasteiger partial charge in [0.2, 0.25) is 5.89 Å². The maximum atomic E-state index is 13.2. The van der Waals surface area contributed by atoms with Crippen molar-refractivity contribution < 1.29 is 68.9 Å². The summed E-state index contributed by atoms with van der Waals surface area (Å²) < 4.78 is 98.9. The number of nitrogens with two attached hydrogens (primary N) is 1. The number of fused-ring (bicyclic) bond motifs is 1. The van der Waals surface area contributed by atoms with Gasteiger partial charge in [0.25, 0.3) is 11.8 Å².